The topological polar surface area (TPSA) is 30.0 Å². The summed E-state index contributed by atoms with van der Waals surface area (Å²) in [5.41, 5.74) is 0.348. The van der Waals surface area contributed by atoms with Crippen LogP contribution in [0.25, 0.3) is 0 Å². The van der Waals surface area contributed by atoms with Crippen molar-refractivity contribution in [2.75, 3.05) is 0 Å². The first-order valence-electron chi connectivity index (χ1n) is 6.99. The van der Waals surface area contributed by atoms with Gasteiger partial charge < -0.3 is 0 Å². The molecule has 0 atom stereocenters. The maximum atomic E-state index is 12.7. The Morgan fingerprint density at radius 1 is 1.55 bits per heavy atom. The fourth-order valence-electron chi connectivity index (χ4n) is 3.38. The van der Waals surface area contributed by atoms with Crippen LogP contribution in [-0.4, -0.2) is 10.8 Å². The summed E-state index contributed by atoms with van der Waals surface area (Å²) in [4.78, 5) is 17.1. The zero-order valence-corrected chi connectivity index (χ0v) is 14.8. The van der Waals surface area contributed by atoms with Crippen molar-refractivity contribution < 1.29 is 4.79 Å². The fourth-order valence-corrected chi connectivity index (χ4v) is 4.52. The Bertz CT molecular complexity index is 535. The third kappa shape index (κ3) is 3.09. The number of aromatic nitrogens is 1. The first-order valence-corrected chi connectivity index (χ1v) is 8.16. The highest BCUT2D eigenvalue weighted by atomic mass is 79.9. The Hall–Kier alpha value is -0.410. The predicted octanol–water partition coefficient (Wildman–Crippen LogP) is 5.17. The highest BCUT2D eigenvalue weighted by molar-refractivity contribution is 9.10. The number of ketones is 1. The number of carbonyl (C=O) groups excluding carboxylic acids is 1. The maximum Gasteiger partial charge on any atom is 0.145 e. The Morgan fingerprint density at radius 3 is 2.65 bits per heavy atom. The van der Waals surface area contributed by atoms with E-state index in [-0.39, 0.29) is 11.2 Å². The van der Waals surface area contributed by atoms with Gasteiger partial charge in [-0.05, 0) is 60.0 Å². The van der Waals surface area contributed by atoms with Crippen molar-refractivity contribution in [2.45, 2.75) is 52.4 Å². The van der Waals surface area contributed by atoms with Crippen molar-refractivity contribution in [3.05, 3.63) is 27.5 Å². The van der Waals surface area contributed by atoms with E-state index >= 15 is 0 Å². The van der Waals surface area contributed by atoms with Gasteiger partial charge in [0.2, 0.25) is 0 Å². The summed E-state index contributed by atoms with van der Waals surface area (Å²) in [7, 11) is 0. The number of hydrogen-bond acceptors (Lipinski definition) is 2. The van der Waals surface area contributed by atoms with E-state index in [1.165, 1.54) is 0 Å². The van der Waals surface area contributed by atoms with E-state index in [0.29, 0.717) is 11.4 Å². The van der Waals surface area contributed by atoms with Crippen molar-refractivity contribution in [1.29, 1.82) is 0 Å². The Balaban J connectivity index is 2.19. The van der Waals surface area contributed by atoms with Crippen LogP contribution in [0.3, 0.4) is 0 Å². The summed E-state index contributed by atoms with van der Waals surface area (Å²) in [6.07, 6.45) is 4.51. The largest absolute Gasteiger partial charge is 0.299 e. The zero-order chi connectivity index (χ0) is 15.1. The second-order valence-corrected chi connectivity index (χ2v) is 8.32. The number of carbonyl (C=O) groups is 1. The molecule has 4 heteroatoms. The van der Waals surface area contributed by atoms with Gasteiger partial charge in [0.25, 0.3) is 0 Å². The van der Waals surface area contributed by atoms with Gasteiger partial charge in [0.05, 0.1) is 16.1 Å². The second-order valence-electron chi connectivity index (χ2n) is 7.03. The van der Waals surface area contributed by atoms with E-state index in [1.54, 1.807) is 12.3 Å². The fraction of sp³-hybridized carbons (Fsp3) is 0.625. The minimum Gasteiger partial charge on any atom is -0.299 e. The molecule has 1 aromatic rings. The van der Waals surface area contributed by atoms with Gasteiger partial charge in [-0.2, -0.15) is 0 Å². The van der Waals surface area contributed by atoms with E-state index in [0.717, 1.165) is 28.9 Å². The molecule has 2 rings (SSSR count). The summed E-state index contributed by atoms with van der Waals surface area (Å²) in [6.45, 7) is 8.35. The normalized spacial score (nSPS) is 26.2. The standard InChI is InChI=1S/C16H21BrClNO/c1-10-6-16(4,7-10)8-13(20)15(2,3)14-12(17)5-11(18)9-19-14/h5,9-10H,6-8H2,1-4H3. The average molecular weight is 359 g/mol. The Kier molecular flexibility index (Phi) is 4.32. The molecule has 1 aliphatic rings. The van der Waals surface area contributed by atoms with E-state index in [1.807, 2.05) is 13.8 Å². The number of Topliss-reactive ketones (excluding diaryl/α,β-unsaturated/α-hetero) is 1. The number of pyridine rings is 1. The van der Waals surface area contributed by atoms with Crippen LogP contribution in [0, 0.1) is 11.3 Å². The van der Waals surface area contributed by atoms with Gasteiger partial charge in [-0.1, -0.05) is 25.4 Å². The van der Waals surface area contributed by atoms with Crippen LogP contribution in [0.4, 0.5) is 0 Å². The van der Waals surface area contributed by atoms with Gasteiger partial charge in [0, 0.05) is 17.1 Å². The highest BCUT2D eigenvalue weighted by Crippen LogP contribution is 2.49. The van der Waals surface area contributed by atoms with Crippen LogP contribution in [0.1, 0.15) is 52.7 Å². The van der Waals surface area contributed by atoms with Gasteiger partial charge in [0.1, 0.15) is 5.78 Å². The SMILES string of the molecule is CC1CC(C)(CC(=O)C(C)(C)c2ncc(Cl)cc2Br)C1. The van der Waals surface area contributed by atoms with E-state index in [2.05, 4.69) is 34.8 Å². The number of nitrogens with zero attached hydrogens (tertiary/aromatic N) is 1. The summed E-state index contributed by atoms with van der Waals surface area (Å²) in [6, 6.07) is 1.80. The van der Waals surface area contributed by atoms with Gasteiger partial charge in [-0.15, -0.1) is 0 Å². The smallest absolute Gasteiger partial charge is 0.145 e. The molecule has 0 saturated heterocycles. The molecule has 2 nitrogen and oxygen atoms in total. The third-order valence-corrected chi connectivity index (χ3v) is 5.18. The highest BCUT2D eigenvalue weighted by Gasteiger charge is 2.43. The number of halogens is 2. The van der Waals surface area contributed by atoms with Crippen LogP contribution in [0.5, 0.6) is 0 Å². The van der Waals surface area contributed by atoms with Crippen molar-refractivity contribution >= 4 is 33.3 Å². The lowest BCUT2D eigenvalue weighted by atomic mass is 9.60. The molecule has 0 radical (unpaired) electrons. The zero-order valence-electron chi connectivity index (χ0n) is 12.5. The molecule has 0 N–H and O–H groups in total. The number of hydrogen-bond donors (Lipinski definition) is 0. The lowest BCUT2D eigenvalue weighted by Crippen LogP contribution is -2.40. The van der Waals surface area contributed by atoms with E-state index < -0.39 is 5.41 Å². The molecule has 110 valence electrons. The van der Waals surface area contributed by atoms with Crippen LogP contribution < -0.4 is 0 Å². The molecule has 0 spiro atoms. The van der Waals surface area contributed by atoms with Gasteiger partial charge in [0.15, 0.2) is 0 Å². The molecule has 20 heavy (non-hydrogen) atoms. The van der Waals surface area contributed by atoms with Crippen LogP contribution >= 0.6 is 27.5 Å². The van der Waals surface area contributed by atoms with Gasteiger partial charge in [-0.3, -0.25) is 9.78 Å². The molecule has 1 fully saturated rings. The van der Waals surface area contributed by atoms with Gasteiger partial charge in [-0.25, -0.2) is 0 Å². The molecular weight excluding hydrogens is 338 g/mol. The molecule has 0 aromatic carbocycles. The van der Waals surface area contributed by atoms with E-state index in [9.17, 15) is 4.79 Å². The molecule has 0 aliphatic heterocycles. The molecular formula is C16H21BrClNO. The van der Waals surface area contributed by atoms with Crippen molar-refractivity contribution in [1.82, 2.24) is 4.98 Å². The Morgan fingerprint density at radius 2 is 2.15 bits per heavy atom. The lowest BCUT2D eigenvalue weighted by molar-refractivity contribution is -0.128. The van der Waals surface area contributed by atoms with E-state index in [4.69, 9.17) is 11.6 Å². The molecule has 1 heterocycles. The van der Waals surface area contributed by atoms with Crippen molar-refractivity contribution in [3.8, 4) is 0 Å². The quantitative estimate of drug-likeness (QED) is 0.743. The molecule has 1 aromatic heterocycles. The van der Waals surface area contributed by atoms with Gasteiger partial charge >= 0.3 is 0 Å². The summed E-state index contributed by atoms with van der Waals surface area (Å²) < 4.78 is 0.801. The second kappa shape index (κ2) is 5.42. The summed E-state index contributed by atoms with van der Waals surface area (Å²) in [5, 5.41) is 0.573. The first-order chi connectivity index (χ1) is 9.14. The van der Waals surface area contributed by atoms with Crippen molar-refractivity contribution in [2.24, 2.45) is 11.3 Å². The molecule has 0 amide bonds. The first kappa shape index (κ1) is 16.0. The van der Waals surface area contributed by atoms with Crippen molar-refractivity contribution in [3.63, 3.8) is 0 Å². The minimum atomic E-state index is -0.592. The molecule has 0 bridgehead atoms. The molecule has 1 saturated carbocycles. The summed E-state index contributed by atoms with van der Waals surface area (Å²) >= 11 is 9.40. The average Bonchev–Trinajstić information content (AvgIpc) is 2.26. The van der Waals surface area contributed by atoms with Crippen LogP contribution in [0.15, 0.2) is 16.7 Å². The van der Waals surface area contributed by atoms with Crippen LogP contribution in [-0.2, 0) is 10.2 Å². The predicted molar refractivity (Wildman–Crippen MR) is 86.1 cm³/mol. The summed E-state index contributed by atoms with van der Waals surface area (Å²) in [5.74, 6) is 0.999. The number of rotatable bonds is 4. The lowest BCUT2D eigenvalue weighted by Gasteiger charge is -2.44. The molecule has 0 unspecified atom stereocenters. The molecule has 1 aliphatic carbocycles. The Labute approximate surface area is 134 Å². The third-order valence-electron chi connectivity index (χ3n) is 4.37. The van der Waals surface area contributed by atoms with Crippen LogP contribution in [0.2, 0.25) is 5.02 Å². The minimum absolute atomic E-state index is 0.173. The monoisotopic (exact) mass is 357 g/mol. The maximum absolute atomic E-state index is 12.7.